The summed E-state index contributed by atoms with van der Waals surface area (Å²) in [6.07, 6.45) is 1.73. The summed E-state index contributed by atoms with van der Waals surface area (Å²) in [5, 5.41) is 12.7. The standard InChI is InChI=1S/C18H16N2O4S/c1-23-14-8-3-5-11(16(14)24-2)9-15-17(22)20-18(25-15)19-12-6-4-7-13(21)10-12/h3-10,21H,1-2H3,(H,19,20,22). The van der Waals surface area contributed by atoms with Crippen molar-refractivity contribution in [2.75, 3.05) is 14.2 Å². The lowest BCUT2D eigenvalue weighted by Crippen LogP contribution is -2.19. The zero-order chi connectivity index (χ0) is 17.8. The number of ether oxygens (including phenoxy) is 2. The smallest absolute Gasteiger partial charge is 0.264 e. The van der Waals surface area contributed by atoms with E-state index in [0.29, 0.717) is 27.3 Å². The first-order chi connectivity index (χ1) is 12.1. The van der Waals surface area contributed by atoms with Gasteiger partial charge in [0.25, 0.3) is 5.91 Å². The molecule has 1 saturated heterocycles. The van der Waals surface area contributed by atoms with Gasteiger partial charge in [0.1, 0.15) is 5.75 Å². The van der Waals surface area contributed by atoms with E-state index < -0.39 is 0 Å². The number of benzene rings is 2. The van der Waals surface area contributed by atoms with Crippen LogP contribution in [0.5, 0.6) is 17.2 Å². The Hall–Kier alpha value is -2.93. The van der Waals surface area contributed by atoms with E-state index >= 15 is 0 Å². The van der Waals surface area contributed by atoms with Gasteiger partial charge in [0.05, 0.1) is 24.8 Å². The second-order valence-electron chi connectivity index (χ2n) is 5.08. The quantitative estimate of drug-likeness (QED) is 0.822. The van der Waals surface area contributed by atoms with E-state index in [-0.39, 0.29) is 11.7 Å². The van der Waals surface area contributed by atoms with Crippen LogP contribution in [0, 0.1) is 0 Å². The summed E-state index contributed by atoms with van der Waals surface area (Å²) >= 11 is 1.22. The first-order valence-corrected chi connectivity index (χ1v) is 8.22. The summed E-state index contributed by atoms with van der Waals surface area (Å²) in [4.78, 5) is 17.0. The van der Waals surface area contributed by atoms with Gasteiger partial charge in [-0.3, -0.25) is 4.79 Å². The summed E-state index contributed by atoms with van der Waals surface area (Å²) in [6, 6.07) is 12.0. The third-order valence-electron chi connectivity index (χ3n) is 3.43. The number of hydrogen-bond donors (Lipinski definition) is 2. The van der Waals surface area contributed by atoms with Gasteiger partial charge >= 0.3 is 0 Å². The highest BCUT2D eigenvalue weighted by Crippen LogP contribution is 2.35. The maximum Gasteiger partial charge on any atom is 0.264 e. The highest BCUT2D eigenvalue weighted by molar-refractivity contribution is 8.18. The van der Waals surface area contributed by atoms with E-state index in [0.717, 1.165) is 5.56 Å². The minimum atomic E-state index is -0.242. The van der Waals surface area contributed by atoms with Crippen molar-refractivity contribution in [3.63, 3.8) is 0 Å². The number of aliphatic imine (C=N–C) groups is 1. The molecule has 2 aromatic carbocycles. The molecule has 0 aliphatic carbocycles. The van der Waals surface area contributed by atoms with Crippen molar-refractivity contribution in [3.8, 4) is 17.2 Å². The molecule has 0 spiro atoms. The minimum absolute atomic E-state index is 0.119. The van der Waals surface area contributed by atoms with Gasteiger partial charge in [-0.25, -0.2) is 4.99 Å². The van der Waals surface area contributed by atoms with Crippen LogP contribution in [0.2, 0.25) is 0 Å². The van der Waals surface area contributed by atoms with E-state index in [4.69, 9.17) is 9.47 Å². The summed E-state index contributed by atoms with van der Waals surface area (Å²) in [5.74, 6) is 1.03. The minimum Gasteiger partial charge on any atom is -0.508 e. The molecule has 7 heteroatoms. The highest BCUT2D eigenvalue weighted by atomic mass is 32.2. The average molecular weight is 356 g/mol. The van der Waals surface area contributed by atoms with Crippen molar-refractivity contribution in [2.45, 2.75) is 0 Å². The molecule has 1 fully saturated rings. The first kappa shape index (κ1) is 16.9. The Morgan fingerprint density at radius 3 is 2.68 bits per heavy atom. The van der Waals surface area contributed by atoms with Crippen LogP contribution in [0.15, 0.2) is 52.4 Å². The van der Waals surface area contributed by atoms with Gasteiger partial charge in [-0.1, -0.05) is 18.2 Å². The van der Waals surface area contributed by atoms with E-state index in [9.17, 15) is 9.90 Å². The van der Waals surface area contributed by atoms with Crippen LogP contribution in [-0.4, -0.2) is 30.4 Å². The largest absolute Gasteiger partial charge is 0.508 e. The zero-order valence-corrected chi connectivity index (χ0v) is 14.5. The van der Waals surface area contributed by atoms with Crippen molar-refractivity contribution in [1.29, 1.82) is 0 Å². The number of rotatable bonds is 4. The molecule has 1 amide bonds. The molecule has 2 aromatic rings. The number of amidine groups is 1. The Morgan fingerprint density at radius 1 is 1.16 bits per heavy atom. The molecule has 25 heavy (non-hydrogen) atoms. The Bertz CT molecular complexity index is 877. The molecule has 0 radical (unpaired) electrons. The van der Waals surface area contributed by atoms with Crippen LogP contribution in [0.3, 0.4) is 0 Å². The van der Waals surface area contributed by atoms with E-state index in [2.05, 4.69) is 10.3 Å². The molecule has 1 aliphatic heterocycles. The number of thioether (sulfide) groups is 1. The topological polar surface area (TPSA) is 80.2 Å². The lowest BCUT2D eigenvalue weighted by atomic mass is 10.1. The summed E-state index contributed by atoms with van der Waals surface area (Å²) in [7, 11) is 3.11. The molecule has 0 unspecified atom stereocenters. The molecule has 0 saturated carbocycles. The highest BCUT2D eigenvalue weighted by Gasteiger charge is 2.24. The number of carbonyl (C=O) groups excluding carboxylic acids is 1. The van der Waals surface area contributed by atoms with Crippen molar-refractivity contribution in [3.05, 3.63) is 52.9 Å². The summed E-state index contributed by atoms with van der Waals surface area (Å²) in [5.41, 5.74) is 1.29. The molecule has 6 nitrogen and oxygen atoms in total. The molecule has 1 aliphatic rings. The van der Waals surface area contributed by atoms with Gasteiger partial charge in [-0.05, 0) is 36.0 Å². The molecule has 0 aromatic heterocycles. The monoisotopic (exact) mass is 356 g/mol. The third kappa shape index (κ3) is 3.77. The predicted molar refractivity (Wildman–Crippen MR) is 98.5 cm³/mol. The Labute approximate surface area is 149 Å². The lowest BCUT2D eigenvalue weighted by molar-refractivity contribution is -0.115. The fourth-order valence-corrected chi connectivity index (χ4v) is 3.16. The number of methoxy groups -OCH3 is 2. The first-order valence-electron chi connectivity index (χ1n) is 7.40. The number of nitrogens with zero attached hydrogens (tertiary/aromatic N) is 1. The van der Waals surface area contributed by atoms with Gasteiger partial charge < -0.3 is 19.9 Å². The maximum absolute atomic E-state index is 12.2. The van der Waals surface area contributed by atoms with E-state index in [1.54, 1.807) is 44.6 Å². The van der Waals surface area contributed by atoms with Gasteiger partial charge in [-0.2, -0.15) is 0 Å². The second kappa shape index (κ2) is 7.31. The van der Waals surface area contributed by atoms with Gasteiger partial charge in [-0.15, -0.1) is 0 Å². The average Bonchev–Trinajstić information content (AvgIpc) is 2.93. The van der Waals surface area contributed by atoms with E-state index in [1.807, 2.05) is 12.1 Å². The molecule has 3 rings (SSSR count). The lowest BCUT2D eigenvalue weighted by Gasteiger charge is -2.10. The molecule has 1 heterocycles. The fraction of sp³-hybridized carbons (Fsp3) is 0.111. The van der Waals surface area contributed by atoms with Crippen LogP contribution >= 0.6 is 11.8 Å². The van der Waals surface area contributed by atoms with Crippen LogP contribution in [0.25, 0.3) is 6.08 Å². The third-order valence-corrected chi connectivity index (χ3v) is 4.34. The molecular weight excluding hydrogens is 340 g/mol. The Balaban J connectivity index is 1.90. The maximum atomic E-state index is 12.2. The number of para-hydroxylation sites is 1. The molecule has 0 bridgehead atoms. The van der Waals surface area contributed by atoms with Gasteiger partial charge in [0.15, 0.2) is 16.7 Å². The SMILES string of the molecule is COc1cccc(C=C2SC(=Nc3cccc(O)c3)NC2=O)c1OC. The molecular formula is C18H16N2O4S. The zero-order valence-electron chi connectivity index (χ0n) is 13.6. The molecule has 0 atom stereocenters. The van der Waals surface area contributed by atoms with Crippen LogP contribution in [0.4, 0.5) is 5.69 Å². The number of hydrogen-bond acceptors (Lipinski definition) is 6. The van der Waals surface area contributed by atoms with Crippen molar-refractivity contribution in [2.24, 2.45) is 4.99 Å². The number of amides is 1. The van der Waals surface area contributed by atoms with Gasteiger partial charge in [0.2, 0.25) is 0 Å². The van der Waals surface area contributed by atoms with Crippen molar-refractivity contribution >= 4 is 34.6 Å². The number of phenolic OH excluding ortho intramolecular Hbond substituents is 1. The second-order valence-corrected chi connectivity index (χ2v) is 6.11. The summed E-state index contributed by atoms with van der Waals surface area (Å²) < 4.78 is 10.7. The van der Waals surface area contributed by atoms with Crippen LogP contribution in [0.1, 0.15) is 5.56 Å². The molecule has 128 valence electrons. The number of aromatic hydroxyl groups is 1. The normalized spacial score (nSPS) is 17.0. The Kier molecular flexibility index (Phi) is 4.95. The number of nitrogens with one attached hydrogen (secondary N) is 1. The fourth-order valence-electron chi connectivity index (χ4n) is 2.33. The van der Waals surface area contributed by atoms with Crippen LogP contribution in [-0.2, 0) is 4.79 Å². The van der Waals surface area contributed by atoms with Crippen molar-refractivity contribution in [1.82, 2.24) is 5.32 Å². The number of carbonyl (C=O) groups is 1. The predicted octanol–water partition coefficient (Wildman–Crippen LogP) is 3.30. The van der Waals surface area contributed by atoms with E-state index in [1.165, 1.54) is 17.8 Å². The van der Waals surface area contributed by atoms with Crippen LogP contribution < -0.4 is 14.8 Å². The van der Waals surface area contributed by atoms with Gasteiger partial charge in [0, 0.05) is 11.6 Å². The van der Waals surface area contributed by atoms with Crippen molar-refractivity contribution < 1.29 is 19.4 Å². The summed E-state index contributed by atoms with van der Waals surface area (Å²) in [6.45, 7) is 0. The molecule has 2 N–H and O–H groups in total. The Morgan fingerprint density at radius 2 is 1.96 bits per heavy atom. The number of phenols is 1.